The summed E-state index contributed by atoms with van der Waals surface area (Å²) < 4.78 is 68.5. The van der Waals surface area contributed by atoms with Gasteiger partial charge in [-0.3, -0.25) is 37.3 Å². The van der Waals surface area contributed by atoms with Crippen molar-refractivity contribution in [2.24, 2.45) is 0 Å². The van der Waals surface area contributed by atoms with Crippen LogP contribution in [0.15, 0.2) is 207 Å². The van der Waals surface area contributed by atoms with E-state index in [9.17, 15) is 43.2 Å². The van der Waals surface area contributed by atoms with Gasteiger partial charge in [0.25, 0.3) is 0 Å². The molecule has 0 saturated heterocycles. The van der Waals surface area contributed by atoms with Crippen LogP contribution in [0.1, 0.15) is 297 Å². The molecule has 0 amide bonds. The van der Waals surface area contributed by atoms with Crippen LogP contribution in [0.25, 0.3) is 0 Å². The number of phosphoric ester groups is 2. The van der Waals surface area contributed by atoms with Gasteiger partial charge in [-0.25, -0.2) is 9.13 Å². The van der Waals surface area contributed by atoms with Crippen LogP contribution in [0.5, 0.6) is 0 Å². The first-order chi connectivity index (χ1) is 54.7. The first-order valence-electron chi connectivity index (χ1n) is 42.3. The summed E-state index contributed by atoms with van der Waals surface area (Å²) in [6.07, 6.45) is 104. The number of aliphatic hydroxyl groups excluding tert-OH is 1. The standard InChI is InChI=1S/C93H148O17P2/c1-5-9-13-17-21-25-29-33-37-40-43-46-50-54-58-62-66-70-74-78-91(96)104-84-89(110-93(98)80-76-72-68-64-60-56-52-48-45-42-39-35-31-27-23-19-15-11-7-3)86-108-112(101,102)106-82-87(94)81-105-111(99,100)107-85-88(83-103-90(95)77-73-69-65-61-57-53-49-36-32-28-24-20-16-12-8-4)109-92(97)79-75-71-67-63-59-55-51-47-44-41-38-34-30-26-22-18-14-10-6-2/h9-10,13-14,21-23,25-27,33-35,37-39,43-48,54-56,58-60,66-68,70-72,87-89,94H,5-8,11-12,15-20,24,28-32,36,40-42,49-53,57,61-65,69,73-86H2,1-4H3,(H,99,100)(H,101,102)/b13-9-,14-10-,25-21-,26-22-,27-23-,37-33-,38-34-,39-35-,46-43-,47-44-,48-45-,58-54-,59-55-,60-56-,70-66-,71-67-,72-68-/t87-,88+,89+/m0/s1. The number of carbonyl (C=O) groups excluding carboxylic acids is 4. The predicted octanol–water partition coefficient (Wildman–Crippen LogP) is 25.4. The molecular formula is C93H148O17P2. The molecule has 0 heterocycles. The predicted molar refractivity (Wildman–Crippen MR) is 463 cm³/mol. The van der Waals surface area contributed by atoms with Crippen LogP contribution in [-0.2, 0) is 65.4 Å². The van der Waals surface area contributed by atoms with Crippen molar-refractivity contribution >= 4 is 39.5 Å². The Bertz CT molecular complexity index is 2940. The van der Waals surface area contributed by atoms with Crippen LogP contribution < -0.4 is 0 Å². The molecule has 0 fully saturated rings. The zero-order valence-corrected chi connectivity index (χ0v) is 71.0. The molecule has 2 unspecified atom stereocenters. The van der Waals surface area contributed by atoms with Crippen LogP contribution in [0.2, 0.25) is 0 Å². The topological polar surface area (TPSA) is 237 Å². The van der Waals surface area contributed by atoms with Crippen LogP contribution in [0, 0.1) is 0 Å². The number of hydrogen-bond donors (Lipinski definition) is 3. The lowest BCUT2D eigenvalue weighted by Crippen LogP contribution is -2.30. The van der Waals surface area contributed by atoms with Crippen LogP contribution in [-0.4, -0.2) is 96.7 Å². The number of aliphatic hydroxyl groups is 1. The number of rotatable bonds is 77. The molecule has 19 heteroatoms. The minimum Gasteiger partial charge on any atom is -0.462 e. The first kappa shape index (κ1) is 106. The highest BCUT2D eigenvalue weighted by Crippen LogP contribution is 2.45. The Morgan fingerprint density at radius 2 is 0.482 bits per heavy atom. The van der Waals surface area contributed by atoms with Crippen molar-refractivity contribution in [3.63, 3.8) is 0 Å². The summed E-state index contributed by atoms with van der Waals surface area (Å²) in [7, 11) is -10.1. The second kappa shape index (κ2) is 82.6. The SMILES string of the molecule is CC/C=C\C/C=C\C/C=C\C/C=C\C/C=C\C/C=C\CCC(=O)OC[C@H](COP(=O)(O)OC[C@@H](O)COP(=O)(O)OC[C@@H](COC(=O)CCCCCCCCCCCCCCCCC)OC(=O)CC/C=C\C/C=C\C/C=C\C/C=C\C/C=C\C/C=C\CC)OC(=O)CC/C=C\C/C=C\C/C=C\C/C=C\C/C=C\CCCCC. The average Bonchev–Trinajstić information content (AvgIpc) is 0.908. The highest BCUT2D eigenvalue weighted by atomic mass is 31.2. The largest absolute Gasteiger partial charge is 0.472 e. The highest BCUT2D eigenvalue weighted by molar-refractivity contribution is 7.47. The van der Waals surface area contributed by atoms with Crippen molar-refractivity contribution in [1.82, 2.24) is 0 Å². The fraction of sp³-hybridized carbons (Fsp3) is 0.591. The fourth-order valence-corrected chi connectivity index (χ4v) is 12.0. The molecule has 17 nitrogen and oxygen atoms in total. The molecular weight excluding hydrogens is 1450 g/mol. The van der Waals surface area contributed by atoms with Gasteiger partial charge in [0.1, 0.15) is 19.3 Å². The molecule has 0 rings (SSSR count). The van der Waals surface area contributed by atoms with Gasteiger partial charge < -0.3 is 33.8 Å². The van der Waals surface area contributed by atoms with Crippen molar-refractivity contribution in [2.45, 2.75) is 316 Å². The molecule has 5 atom stereocenters. The Morgan fingerprint density at radius 1 is 0.259 bits per heavy atom. The lowest BCUT2D eigenvalue weighted by Gasteiger charge is -2.21. The highest BCUT2D eigenvalue weighted by Gasteiger charge is 2.30. The van der Waals surface area contributed by atoms with E-state index >= 15 is 0 Å². The summed E-state index contributed by atoms with van der Waals surface area (Å²) in [6.45, 7) is 4.36. The van der Waals surface area contributed by atoms with Gasteiger partial charge in [-0.2, -0.15) is 0 Å². The van der Waals surface area contributed by atoms with E-state index in [1.807, 2.05) is 54.7 Å². The fourth-order valence-electron chi connectivity index (χ4n) is 10.4. The van der Waals surface area contributed by atoms with E-state index in [2.05, 4.69) is 180 Å². The van der Waals surface area contributed by atoms with Gasteiger partial charge in [-0.1, -0.05) is 337 Å². The second-order valence-corrected chi connectivity index (χ2v) is 30.2. The molecule has 0 radical (unpaired) electrons. The molecule has 0 aliphatic heterocycles. The van der Waals surface area contributed by atoms with Gasteiger partial charge in [0.2, 0.25) is 0 Å². The number of hydrogen-bond acceptors (Lipinski definition) is 15. The van der Waals surface area contributed by atoms with Gasteiger partial charge in [-0.15, -0.1) is 0 Å². The molecule has 0 aliphatic carbocycles. The van der Waals surface area contributed by atoms with Crippen molar-refractivity contribution < 1.29 is 80.2 Å². The summed E-state index contributed by atoms with van der Waals surface area (Å²) >= 11 is 0. The molecule has 0 aliphatic rings. The van der Waals surface area contributed by atoms with E-state index in [0.29, 0.717) is 44.9 Å². The van der Waals surface area contributed by atoms with E-state index in [-0.39, 0.29) is 25.7 Å². The zero-order valence-electron chi connectivity index (χ0n) is 69.3. The minimum atomic E-state index is -5.03. The third kappa shape index (κ3) is 81.6. The number of allylic oxidation sites excluding steroid dienone is 34. The third-order valence-electron chi connectivity index (χ3n) is 16.8. The molecule has 0 spiro atoms. The Hall–Kier alpha value is -6.36. The summed E-state index contributed by atoms with van der Waals surface area (Å²) in [5, 5.41) is 10.7. The molecule has 0 aromatic rings. The Morgan fingerprint density at radius 3 is 0.768 bits per heavy atom. The quantitative estimate of drug-likeness (QED) is 0.0169. The summed E-state index contributed by atoms with van der Waals surface area (Å²) in [6, 6.07) is 0. The number of ether oxygens (including phenoxy) is 4. The minimum absolute atomic E-state index is 0.0106. The van der Waals surface area contributed by atoms with Crippen molar-refractivity contribution in [1.29, 1.82) is 0 Å². The maximum atomic E-state index is 13.1. The van der Waals surface area contributed by atoms with E-state index in [1.54, 1.807) is 0 Å². The average molecular weight is 1600 g/mol. The third-order valence-corrected chi connectivity index (χ3v) is 18.7. The van der Waals surface area contributed by atoms with Gasteiger partial charge in [0.05, 0.1) is 26.4 Å². The smallest absolute Gasteiger partial charge is 0.462 e. The lowest BCUT2D eigenvalue weighted by molar-refractivity contribution is -0.161. The maximum absolute atomic E-state index is 13.1. The van der Waals surface area contributed by atoms with Gasteiger partial charge >= 0.3 is 39.5 Å². The van der Waals surface area contributed by atoms with Crippen molar-refractivity contribution in [3.8, 4) is 0 Å². The van der Waals surface area contributed by atoms with Crippen LogP contribution in [0.3, 0.4) is 0 Å². The molecule has 632 valence electrons. The number of phosphoric acid groups is 2. The van der Waals surface area contributed by atoms with E-state index < -0.39 is 97.5 Å². The lowest BCUT2D eigenvalue weighted by atomic mass is 10.0. The Balaban J connectivity index is 5.60. The number of carbonyl (C=O) groups is 4. The second-order valence-electron chi connectivity index (χ2n) is 27.3. The molecule has 3 N–H and O–H groups in total. The van der Waals surface area contributed by atoms with Gasteiger partial charge in [0, 0.05) is 25.7 Å². The normalized spacial score (nSPS) is 14.8. The number of unbranched alkanes of at least 4 members (excludes halogenated alkanes) is 17. The van der Waals surface area contributed by atoms with E-state index in [4.69, 9.17) is 37.0 Å². The number of esters is 4. The summed E-state index contributed by atoms with van der Waals surface area (Å²) in [5.74, 6) is -2.48. The van der Waals surface area contributed by atoms with Gasteiger partial charge in [-0.05, 0) is 141 Å². The monoisotopic (exact) mass is 1600 g/mol. The molecule has 0 bridgehead atoms. The van der Waals surface area contributed by atoms with Crippen molar-refractivity contribution in [3.05, 3.63) is 207 Å². The molecule has 0 aromatic heterocycles. The van der Waals surface area contributed by atoms with Crippen LogP contribution >= 0.6 is 15.6 Å². The molecule has 0 saturated carbocycles. The summed E-state index contributed by atoms with van der Waals surface area (Å²) in [4.78, 5) is 73.1. The van der Waals surface area contributed by atoms with Crippen molar-refractivity contribution in [2.75, 3.05) is 39.6 Å². The van der Waals surface area contributed by atoms with Crippen LogP contribution in [0.4, 0.5) is 0 Å². The van der Waals surface area contributed by atoms with E-state index in [0.717, 1.165) is 116 Å². The first-order valence-corrected chi connectivity index (χ1v) is 45.3. The molecule has 0 aromatic carbocycles. The van der Waals surface area contributed by atoms with E-state index in [1.165, 1.54) is 83.5 Å². The Labute approximate surface area is 678 Å². The molecule has 112 heavy (non-hydrogen) atoms. The summed E-state index contributed by atoms with van der Waals surface area (Å²) in [5.41, 5.74) is 0. The Kier molecular flexibility index (Phi) is 77.9. The maximum Gasteiger partial charge on any atom is 0.472 e. The zero-order chi connectivity index (χ0) is 81.7. The van der Waals surface area contributed by atoms with Gasteiger partial charge in [0.15, 0.2) is 12.2 Å².